The quantitative estimate of drug-likeness (QED) is 0.675. The molecule has 0 saturated heterocycles. The van der Waals surface area contributed by atoms with Gasteiger partial charge in [0, 0.05) is 6.20 Å². The molecule has 0 radical (unpaired) electrons. The lowest BCUT2D eigenvalue weighted by Crippen LogP contribution is -2.00. The Balaban J connectivity index is 2.48. The lowest BCUT2D eigenvalue weighted by atomic mass is 10.7. The molecule has 0 fully saturated rings. The highest BCUT2D eigenvalue weighted by Gasteiger charge is 1.98. The Kier molecular flexibility index (Phi) is 1.83. The summed E-state index contributed by atoms with van der Waals surface area (Å²) >= 11 is 3.24. The summed E-state index contributed by atoms with van der Waals surface area (Å²) in [7, 11) is 0. The highest BCUT2D eigenvalue weighted by Crippen LogP contribution is 2.05. The van der Waals surface area contributed by atoms with Crippen molar-refractivity contribution in [3.05, 3.63) is 29.5 Å². The number of halogens is 1. The van der Waals surface area contributed by atoms with Gasteiger partial charge in [0.1, 0.15) is 17.3 Å². The maximum absolute atomic E-state index is 4.08. The van der Waals surface area contributed by atoms with Crippen molar-refractivity contribution in [2.45, 2.75) is 0 Å². The van der Waals surface area contributed by atoms with Gasteiger partial charge in [0.25, 0.3) is 5.95 Å². The van der Waals surface area contributed by atoms with Crippen LogP contribution in [0.2, 0.25) is 0 Å². The molecular weight excluding hydrogens is 222 g/mol. The molecule has 0 aliphatic rings. The topological polar surface area (TPSA) is 56.5 Å². The fourth-order valence-corrected chi connectivity index (χ4v) is 1.03. The molecule has 0 aliphatic carbocycles. The van der Waals surface area contributed by atoms with Crippen LogP contribution in [0.4, 0.5) is 0 Å². The van der Waals surface area contributed by atoms with Crippen molar-refractivity contribution in [3.63, 3.8) is 0 Å². The van der Waals surface area contributed by atoms with E-state index in [1.165, 1.54) is 11.0 Å². The van der Waals surface area contributed by atoms with Gasteiger partial charge in [-0.1, -0.05) is 0 Å². The van der Waals surface area contributed by atoms with Crippen molar-refractivity contribution in [1.29, 1.82) is 0 Å². The lowest BCUT2D eigenvalue weighted by Gasteiger charge is -1.96. The van der Waals surface area contributed by atoms with Crippen LogP contribution in [0.1, 0.15) is 0 Å². The molecule has 0 unspecified atom stereocenters. The summed E-state index contributed by atoms with van der Waals surface area (Å²) in [6.45, 7) is 0. The minimum atomic E-state index is 0.502. The number of aromatic nitrogens is 5. The molecule has 5 nitrogen and oxygen atoms in total. The molecule has 0 aromatic carbocycles. The SMILES string of the molecule is Brc1ccnc(-n2cncn2)n1. The fraction of sp³-hybridized carbons (Fsp3) is 0. The monoisotopic (exact) mass is 225 g/mol. The third-order valence-corrected chi connectivity index (χ3v) is 1.67. The Morgan fingerprint density at radius 1 is 1.42 bits per heavy atom. The van der Waals surface area contributed by atoms with E-state index in [-0.39, 0.29) is 0 Å². The summed E-state index contributed by atoms with van der Waals surface area (Å²) in [5, 5.41) is 3.89. The second-order valence-corrected chi connectivity index (χ2v) is 2.83. The lowest BCUT2D eigenvalue weighted by molar-refractivity contribution is 0.802. The van der Waals surface area contributed by atoms with E-state index in [1.807, 2.05) is 0 Å². The van der Waals surface area contributed by atoms with Gasteiger partial charge in [0.2, 0.25) is 0 Å². The third kappa shape index (κ3) is 1.33. The summed E-state index contributed by atoms with van der Waals surface area (Å²) < 4.78 is 2.22. The van der Waals surface area contributed by atoms with Gasteiger partial charge in [0.05, 0.1) is 0 Å². The minimum absolute atomic E-state index is 0.502. The van der Waals surface area contributed by atoms with Crippen LogP contribution in [0.5, 0.6) is 0 Å². The summed E-state index contributed by atoms with van der Waals surface area (Å²) in [5.74, 6) is 0.502. The second kappa shape index (κ2) is 2.98. The normalized spacial score (nSPS) is 10.1. The summed E-state index contributed by atoms with van der Waals surface area (Å²) in [5.41, 5.74) is 0. The average molecular weight is 226 g/mol. The first-order valence-electron chi connectivity index (χ1n) is 3.20. The number of hydrogen-bond acceptors (Lipinski definition) is 4. The summed E-state index contributed by atoms with van der Waals surface area (Å²) in [4.78, 5) is 11.9. The standard InChI is InChI=1S/C6H4BrN5/c7-5-1-2-9-6(11-5)12-4-8-3-10-12/h1-4H. The van der Waals surface area contributed by atoms with Crippen molar-refractivity contribution in [2.24, 2.45) is 0 Å². The third-order valence-electron chi connectivity index (χ3n) is 1.23. The Labute approximate surface area is 76.6 Å². The van der Waals surface area contributed by atoms with E-state index in [1.54, 1.807) is 18.6 Å². The highest BCUT2D eigenvalue weighted by molar-refractivity contribution is 9.10. The molecular formula is C6H4BrN5. The predicted molar refractivity (Wildman–Crippen MR) is 44.6 cm³/mol. The van der Waals surface area contributed by atoms with E-state index in [0.29, 0.717) is 5.95 Å². The Morgan fingerprint density at radius 3 is 3.00 bits per heavy atom. The van der Waals surface area contributed by atoms with Crippen LogP contribution < -0.4 is 0 Å². The molecule has 2 aromatic rings. The predicted octanol–water partition coefficient (Wildman–Crippen LogP) is 0.820. The highest BCUT2D eigenvalue weighted by atomic mass is 79.9. The zero-order valence-electron chi connectivity index (χ0n) is 5.92. The molecule has 0 bridgehead atoms. The number of nitrogens with zero attached hydrogens (tertiary/aromatic N) is 5. The molecule has 0 spiro atoms. The van der Waals surface area contributed by atoms with Crippen LogP contribution >= 0.6 is 15.9 Å². The van der Waals surface area contributed by atoms with Crippen molar-refractivity contribution < 1.29 is 0 Å². The first-order chi connectivity index (χ1) is 5.86. The maximum Gasteiger partial charge on any atom is 0.253 e. The summed E-state index contributed by atoms with van der Waals surface area (Å²) in [6.07, 6.45) is 4.63. The average Bonchev–Trinajstić information content (AvgIpc) is 2.56. The molecule has 2 aromatic heterocycles. The van der Waals surface area contributed by atoms with E-state index in [2.05, 4.69) is 36.0 Å². The molecule has 6 heteroatoms. The molecule has 2 heterocycles. The van der Waals surface area contributed by atoms with Gasteiger partial charge >= 0.3 is 0 Å². The van der Waals surface area contributed by atoms with Gasteiger partial charge in [-0.2, -0.15) is 9.78 Å². The van der Waals surface area contributed by atoms with Crippen LogP contribution in [0.15, 0.2) is 29.5 Å². The van der Waals surface area contributed by atoms with Gasteiger partial charge in [-0.3, -0.25) is 0 Å². The van der Waals surface area contributed by atoms with E-state index in [4.69, 9.17) is 0 Å². The van der Waals surface area contributed by atoms with Gasteiger partial charge in [-0.05, 0) is 22.0 Å². The van der Waals surface area contributed by atoms with Gasteiger partial charge in [-0.15, -0.1) is 0 Å². The van der Waals surface area contributed by atoms with Crippen molar-refractivity contribution in [3.8, 4) is 5.95 Å². The Morgan fingerprint density at radius 2 is 2.33 bits per heavy atom. The second-order valence-electron chi connectivity index (χ2n) is 2.02. The fourth-order valence-electron chi connectivity index (χ4n) is 0.749. The van der Waals surface area contributed by atoms with Crippen molar-refractivity contribution in [1.82, 2.24) is 24.7 Å². The van der Waals surface area contributed by atoms with E-state index in [9.17, 15) is 0 Å². The Bertz CT molecular complexity index is 371. The Hall–Kier alpha value is -1.30. The number of rotatable bonds is 1. The zero-order chi connectivity index (χ0) is 8.39. The zero-order valence-corrected chi connectivity index (χ0v) is 7.51. The van der Waals surface area contributed by atoms with Crippen molar-refractivity contribution >= 4 is 15.9 Å². The van der Waals surface area contributed by atoms with Crippen LogP contribution in [0.3, 0.4) is 0 Å². The first-order valence-corrected chi connectivity index (χ1v) is 3.99. The largest absolute Gasteiger partial charge is 0.253 e. The summed E-state index contributed by atoms with van der Waals surface area (Å²) in [6, 6.07) is 1.75. The van der Waals surface area contributed by atoms with E-state index in [0.717, 1.165) is 4.60 Å². The van der Waals surface area contributed by atoms with Crippen LogP contribution in [0.25, 0.3) is 5.95 Å². The molecule has 0 saturated carbocycles. The maximum atomic E-state index is 4.08. The first kappa shape index (κ1) is 7.35. The van der Waals surface area contributed by atoms with Crippen LogP contribution in [-0.4, -0.2) is 24.7 Å². The van der Waals surface area contributed by atoms with Crippen LogP contribution in [-0.2, 0) is 0 Å². The molecule has 0 atom stereocenters. The van der Waals surface area contributed by atoms with E-state index >= 15 is 0 Å². The molecule has 2 rings (SSSR count). The van der Waals surface area contributed by atoms with Crippen molar-refractivity contribution in [2.75, 3.05) is 0 Å². The molecule has 12 heavy (non-hydrogen) atoms. The minimum Gasteiger partial charge on any atom is -0.223 e. The smallest absolute Gasteiger partial charge is 0.223 e. The van der Waals surface area contributed by atoms with Gasteiger partial charge in [0.15, 0.2) is 0 Å². The molecule has 60 valence electrons. The molecule has 0 N–H and O–H groups in total. The molecule has 0 aliphatic heterocycles. The van der Waals surface area contributed by atoms with E-state index < -0.39 is 0 Å². The number of hydrogen-bond donors (Lipinski definition) is 0. The van der Waals surface area contributed by atoms with Crippen LogP contribution in [0, 0.1) is 0 Å². The molecule has 0 amide bonds. The van der Waals surface area contributed by atoms with Gasteiger partial charge < -0.3 is 0 Å². The van der Waals surface area contributed by atoms with Gasteiger partial charge in [-0.25, -0.2) is 15.0 Å².